The molecule has 0 aliphatic carbocycles. The minimum Gasteiger partial charge on any atom is -0.379 e. The van der Waals surface area contributed by atoms with Gasteiger partial charge in [0.15, 0.2) is 0 Å². The zero-order chi connectivity index (χ0) is 13.0. The van der Waals surface area contributed by atoms with Crippen LogP contribution >= 0.6 is 0 Å². The van der Waals surface area contributed by atoms with Gasteiger partial charge in [-0.1, -0.05) is 0 Å². The second-order valence-corrected chi connectivity index (χ2v) is 4.49. The molecule has 1 atom stereocenters. The van der Waals surface area contributed by atoms with Gasteiger partial charge in [-0.2, -0.15) is 0 Å². The molecule has 1 fully saturated rings. The molecule has 1 aromatic rings. The fraction of sp³-hybridized carbons (Fsp3) is 0.500. The van der Waals surface area contributed by atoms with Gasteiger partial charge < -0.3 is 10.6 Å². The van der Waals surface area contributed by atoms with Crippen LogP contribution in [-0.4, -0.2) is 24.6 Å². The van der Waals surface area contributed by atoms with Crippen LogP contribution in [0.15, 0.2) is 18.2 Å². The number of nitrogens with one attached hydrogen (secondary N) is 2. The summed E-state index contributed by atoms with van der Waals surface area (Å²) in [6.07, 6.45) is 2.11. The van der Waals surface area contributed by atoms with Crippen molar-refractivity contribution < 1.29 is 9.31 Å². The maximum atomic E-state index is 12.9. The molecule has 0 saturated carbocycles. The number of anilines is 1. The third kappa shape index (κ3) is 3.16. The summed E-state index contributed by atoms with van der Waals surface area (Å²) < 4.78 is 12.9. The highest BCUT2D eigenvalue weighted by Gasteiger charge is 2.16. The zero-order valence-corrected chi connectivity index (χ0v) is 9.99. The second-order valence-electron chi connectivity index (χ2n) is 4.49. The van der Waals surface area contributed by atoms with Crippen molar-refractivity contribution in [2.45, 2.75) is 12.8 Å². The molecule has 2 N–H and O–H groups in total. The summed E-state index contributed by atoms with van der Waals surface area (Å²) in [5.41, 5.74) is 0.173. The van der Waals surface area contributed by atoms with Crippen LogP contribution in [0, 0.1) is 21.8 Å². The quantitative estimate of drug-likeness (QED) is 0.623. The summed E-state index contributed by atoms with van der Waals surface area (Å²) in [5.74, 6) is 0.0317. The van der Waals surface area contributed by atoms with Crippen molar-refractivity contribution in [3.8, 4) is 0 Å². The number of hydrogen-bond donors (Lipinski definition) is 2. The SMILES string of the molecule is O=[N+]([O-])c1cc(F)ccc1NCCC1CCNC1. The molecule has 18 heavy (non-hydrogen) atoms. The van der Waals surface area contributed by atoms with Crippen LogP contribution in [0.4, 0.5) is 15.8 Å². The van der Waals surface area contributed by atoms with Crippen LogP contribution in [0.3, 0.4) is 0 Å². The van der Waals surface area contributed by atoms with Gasteiger partial charge in [-0.15, -0.1) is 0 Å². The summed E-state index contributed by atoms with van der Waals surface area (Å²) in [7, 11) is 0. The van der Waals surface area contributed by atoms with E-state index in [2.05, 4.69) is 10.6 Å². The first-order valence-electron chi connectivity index (χ1n) is 6.05. The molecule has 6 heteroatoms. The van der Waals surface area contributed by atoms with Crippen LogP contribution in [0.2, 0.25) is 0 Å². The smallest absolute Gasteiger partial charge is 0.295 e. The molecular weight excluding hydrogens is 237 g/mol. The Hall–Kier alpha value is -1.69. The van der Waals surface area contributed by atoms with E-state index in [1.807, 2.05) is 0 Å². The third-order valence-corrected chi connectivity index (χ3v) is 3.19. The first kappa shape index (κ1) is 12.8. The van der Waals surface area contributed by atoms with Crippen molar-refractivity contribution in [2.75, 3.05) is 25.0 Å². The molecule has 2 rings (SSSR count). The number of nitro groups is 1. The van der Waals surface area contributed by atoms with Crippen molar-refractivity contribution in [1.29, 1.82) is 0 Å². The predicted octanol–water partition coefficient (Wildman–Crippen LogP) is 2.15. The lowest BCUT2D eigenvalue weighted by Crippen LogP contribution is -2.13. The standard InChI is InChI=1S/C12H16FN3O2/c13-10-1-2-11(12(7-10)16(17)18)15-6-4-9-3-5-14-8-9/h1-2,7,9,14-15H,3-6,8H2. The Balaban J connectivity index is 1.93. The fourth-order valence-corrected chi connectivity index (χ4v) is 2.18. The summed E-state index contributed by atoms with van der Waals surface area (Å²) in [4.78, 5) is 10.2. The van der Waals surface area contributed by atoms with E-state index in [-0.39, 0.29) is 5.69 Å². The number of hydrogen-bond acceptors (Lipinski definition) is 4. The second kappa shape index (κ2) is 5.77. The molecule has 1 saturated heterocycles. The van der Waals surface area contributed by atoms with E-state index in [4.69, 9.17) is 0 Å². The fourth-order valence-electron chi connectivity index (χ4n) is 2.18. The van der Waals surface area contributed by atoms with Crippen molar-refractivity contribution in [3.63, 3.8) is 0 Å². The normalized spacial score (nSPS) is 18.8. The van der Waals surface area contributed by atoms with Crippen LogP contribution in [-0.2, 0) is 0 Å². The summed E-state index contributed by atoms with van der Waals surface area (Å²) in [6.45, 7) is 2.72. The molecule has 1 aliphatic heterocycles. The number of nitro benzene ring substituents is 1. The Bertz CT molecular complexity index is 433. The van der Waals surface area contributed by atoms with E-state index in [0.717, 1.165) is 32.0 Å². The Morgan fingerprint density at radius 2 is 2.39 bits per heavy atom. The predicted molar refractivity (Wildman–Crippen MR) is 67.1 cm³/mol. The van der Waals surface area contributed by atoms with E-state index < -0.39 is 10.7 Å². The van der Waals surface area contributed by atoms with E-state index >= 15 is 0 Å². The lowest BCUT2D eigenvalue weighted by atomic mass is 10.1. The highest BCUT2D eigenvalue weighted by atomic mass is 19.1. The summed E-state index contributed by atoms with van der Waals surface area (Å²) in [5, 5.41) is 17.1. The molecule has 1 heterocycles. The largest absolute Gasteiger partial charge is 0.379 e. The molecule has 0 aromatic heterocycles. The van der Waals surface area contributed by atoms with Crippen LogP contribution in [0.1, 0.15) is 12.8 Å². The van der Waals surface area contributed by atoms with Crippen molar-refractivity contribution in [2.24, 2.45) is 5.92 Å². The maximum absolute atomic E-state index is 12.9. The number of rotatable bonds is 5. The van der Waals surface area contributed by atoms with E-state index in [0.29, 0.717) is 18.2 Å². The lowest BCUT2D eigenvalue weighted by molar-refractivity contribution is -0.384. The van der Waals surface area contributed by atoms with Gasteiger partial charge in [0.1, 0.15) is 11.5 Å². The third-order valence-electron chi connectivity index (χ3n) is 3.19. The highest BCUT2D eigenvalue weighted by molar-refractivity contribution is 5.61. The van der Waals surface area contributed by atoms with Gasteiger partial charge in [0, 0.05) is 6.54 Å². The van der Waals surface area contributed by atoms with Gasteiger partial charge in [0.25, 0.3) is 5.69 Å². The van der Waals surface area contributed by atoms with Crippen molar-refractivity contribution >= 4 is 11.4 Å². The highest BCUT2D eigenvalue weighted by Crippen LogP contribution is 2.25. The molecule has 0 bridgehead atoms. The Morgan fingerprint density at radius 1 is 1.56 bits per heavy atom. The summed E-state index contributed by atoms with van der Waals surface area (Å²) in [6, 6.07) is 3.59. The average molecular weight is 253 g/mol. The van der Waals surface area contributed by atoms with E-state index in [1.165, 1.54) is 12.1 Å². The zero-order valence-electron chi connectivity index (χ0n) is 9.99. The topological polar surface area (TPSA) is 67.2 Å². The van der Waals surface area contributed by atoms with Crippen molar-refractivity contribution in [3.05, 3.63) is 34.1 Å². The minimum atomic E-state index is -0.591. The first-order chi connectivity index (χ1) is 8.66. The number of nitrogens with zero attached hydrogens (tertiary/aromatic N) is 1. The van der Waals surface area contributed by atoms with Gasteiger partial charge >= 0.3 is 0 Å². The van der Waals surface area contributed by atoms with Crippen LogP contribution in [0.25, 0.3) is 0 Å². The Morgan fingerprint density at radius 3 is 3.06 bits per heavy atom. The van der Waals surface area contributed by atoms with Gasteiger partial charge in [0.2, 0.25) is 0 Å². The lowest BCUT2D eigenvalue weighted by Gasteiger charge is -2.10. The maximum Gasteiger partial charge on any atom is 0.295 e. The molecule has 1 unspecified atom stereocenters. The molecule has 1 aliphatic rings. The van der Waals surface area contributed by atoms with Crippen molar-refractivity contribution in [1.82, 2.24) is 5.32 Å². The van der Waals surface area contributed by atoms with Gasteiger partial charge in [-0.05, 0) is 44.0 Å². The molecular formula is C12H16FN3O2. The Kier molecular flexibility index (Phi) is 4.09. The Labute approximate surface area is 105 Å². The molecule has 5 nitrogen and oxygen atoms in total. The van der Waals surface area contributed by atoms with Gasteiger partial charge in [0.05, 0.1) is 11.0 Å². The minimum absolute atomic E-state index is 0.209. The average Bonchev–Trinajstić information content (AvgIpc) is 2.84. The molecule has 0 amide bonds. The summed E-state index contributed by atoms with van der Waals surface area (Å²) >= 11 is 0. The molecule has 98 valence electrons. The number of halogens is 1. The van der Waals surface area contributed by atoms with Crippen LogP contribution in [0.5, 0.6) is 0 Å². The number of benzene rings is 1. The van der Waals surface area contributed by atoms with Gasteiger partial charge in [-0.25, -0.2) is 4.39 Å². The van der Waals surface area contributed by atoms with E-state index in [9.17, 15) is 14.5 Å². The molecule has 0 spiro atoms. The van der Waals surface area contributed by atoms with Crippen LogP contribution < -0.4 is 10.6 Å². The monoisotopic (exact) mass is 253 g/mol. The van der Waals surface area contributed by atoms with E-state index in [1.54, 1.807) is 0 Å². The molecule has 1 aromatic carbocycles. The first-order valence-corrected chi connectivity index (χ1v) is 6.05. The molecule has 0 radical (unpaired) electrons. The van der Waals surface area contributed by atoms with Gasteiger partial charge in [-0.3, -0.25) is 10.1 Å².